The third kappa shape index (κ3) is 5.28. The summed E-state index contributed by atoms with van der Waals surface area (Å²) in [6.45, 7) is 0. The van der Waals surface area contributed by atoms with E-state index in [1.807, 2.05) is 48.5 Å². The number of ketones is 1. The number of methoxy groups -OCH3 is 6. The van der Waals surface area contributed by atoms with Crippen molar-refractivity contribution in [3.63, 3.8) is 0 Å². The molecule has 3 aromatic rings. The van der Waals surface area contributed by atoms with Crippen LogP contribution in [0.4, 0.5) is 11.4 Å². The van der Waals surface area contributed by atoms with Gasteiger partial charge in [0.25, 0.3) is 0 Å². The molecule has 0 unspecified atom stereocenters. The molecule has 2 aliphatic carbocycles. The van der Waals surface area contributed by atoms with Crippen LogP contribution in [0.25, 0.3) is 0 Å². The molecule has 3 aromatic carbocycles. The summed E-state index contributed by atoms with van der Waals surface area (Å²) in [5.74, 6) is 2.48. The molecule has 236 valence electrons. The van der Waals surface area contributed by atoms with Crippen LogP contribution in [-0.2, 0) is 9.59 Å². The Morgan fingerprint density at radius 3 is 1.78 bits per heavy atom. The average Bonchev–Trinajstić information content (AvgIpc) is 3.93. The van der Waals surface area contributed by atoms with Crippen molar-refractivity contribution in [3.8, 4) is 34.5 Å². The first-order valence-electron chi connectivity index (χ1n) is 14.9. The number of carbonyl (C=O) groups excluding carboxylic acids is 2. The molecule has 10 heteroatoms. The van der Waals surface area contributed by atoms with Gasteiger partial charge in [-0.2, -0.15) is 0 Å². The molecular weight excluding hydrogens is 576 g/mol. The van der Waals surface area contributed by atoms with Crippen molar-refractivity contribution in [1.82, 2.24) is 0 Å². The quantitative estimate of drug-likeness (QED) is 0.309. The lowest BCUT2D eigenvalue weighted by atomic mass is 9.78. The summed E-state index contributed by atoms with van der Waals surface area (Å²) in [6.07, 6.45) is 2.37. The van der Waals surface area contributed by atoms with Crippen molar-refractivity contribution in [2.24, 2.45) is 5.92 Å². The van der Waals surface area contributed by atoms with E-state index in [1.165, 1.54) is 0 Å². The van der Waals surface area contributed by atoms with Gasteiger partial charge in [-0.15, -0.1) is 0 Å². The van der Waals surface area contributed by atoms with E-state index in [9.17, 15) is 9.59 Å². The molecule has 1 aliphatic heterocycles. The first-order valence-corrected chi connectivity index (χ1v) is 14.9. The molecule has 1 heterocycles. The fourth-order valence-electron chi connectivity index (χ4n) is 6.51. The van der Waals surface area contributed by atoms with Crippen LogP contribution in [0.2, 0.25) is 0 Å². The zero-order valence-corrected chi connectivity index (χ0v) is 26.4. The minimum absolute atomic E-state index is 0.0173. The minimum atomic E-state index is -0.730. The zero-order chi connectivity index (χ0) is 31.8. The van der Waals surface area contributed by atoms with Crippen LogP contribution < -0.4 is 38.6 Å². The Hall–Kier alpha value is -4.86. The van der Waals surface area contributed by atoms with Crippen molar-refractivity contribution < 1.29 is 38.0 Å². The van der Waals surface area contributed by atoms with E-state index in [4.69, 9.17) is 28.4 Å². The maximum absolute atomic E-state index is 14.5. The summed E-state index contributed by atoms with van der Waals surface area (Å²) >= 11 is 0. The molecule has 0 radical (unpaired) electrons. The smallest absolute Gasteiger partial charge is 0.231 e. The molecule has 0 aromatic heterocycles. The molecule has 0 bridgehead atoms. The van der Waals surface area contributed by atoms with Crippen LogP contribution in [0.3, 0.4) is 0 Å². The monoisotopic (exact) mass is 614 g/mol. The number of fused-ring (bicyclic) bond motifs is 1. The largest absolute Gasteiger partial charge is 0.493 e. The number of nitrogens with one attached hydrogen (secondary N) is 1. The van der Waals surface area contributed by atoms with Gasteiger partial charge in [-0.1, -0.05) is 12.1 Å². The van der Waals surface area contributed by atoms with Crippen molar-refractivity contribution >= 4 is 23.1 Å². The number of hydrogen-bond donors (Lipinski definition) is 1. The second-order valence-electron chi connectivity index (χ2n) is 11.4. The number of amides is 1. The molecule has 1 fully saturated rings. The molecule has 10 nitrogen and oxygen atoms in total. The van der Waals surface area contributed by atoms with Gasteiger partial charge >= 0.3 is 0 Å². The number of allylic oxidation sites excluding steroid dienone is 1. The SMILES string of the molecule is COc1cc([C@H]2CC(=O)C3=C(C2)Nc2ccccc2N(C(=O)C2CC2)[C@@H]3c2cc(OC)c(OC)c(OC)c2)cc(OC)c1OC. The van der Waals surface area contributed by atoms with Crippen molar-refractivity contribution in [2.75, 3.05) is 52.9 Å². The topological polar surface area (TPSA) is 105 Å². The van der Waals surface area contributed by atoms with E-state index in [1.54, 1.807) is 47.6 Å². The van der Waals surface area contributed by atoms with Crippen LogP contribution in [0.5, 0.6) is 34.5 Å². The second kappa shape index (κ2) is 12.3. The highest BCUT2D eigenvalue weighted by Crippen LogP contribution is 2.52. The molecule has 45 heavy (non-hydrogen) atoms. The van der Waals surface area contributed by atoms with E-state index in [2.05, 4.69) is 5.32 Å². The maximum atomic E-state index is 14.5. The number of anilines is 2. The summed E-state index contributed by atoms with van der Waals surface area (Å²) < 4.78 is 33.8. The normalized spacial score (nSPS) is 19.1. The second-order valence-corrected chi connectivity index (χ2v) is 11.4. The highest BCUT2D eigenvalue weighted by molar-refractivity contribution is 6.07. The standard InChI is InChI=1S/C35H38N2O8/c1-40-27-15-21(16-28(41-2)33(27)44-5)20-13-24-31(26(38)14-20)32(22-17-29(42-3)34(45-6)30(18-22)43-4)37(35(39)19-11-12-19)25-10-8-7-9-23(25)36-24/h7-10,15-20,32,36H,11-14H2,1-6H3/t20-,32-/m1/s1. The molecule has 0 spiro atoms. The molecule has 1 saturated carbocycles. The number of para-hydroxylation sites is 2. The van der Waals surface area contributed by atoms with Gasteiger partial charge in [0.2, 0.25) is 17.4 Å². The van der Waals surface area contributed by atoms with Gasteiger partial charge in [0, 0.05) is 23.6 Å². The lowest BCUT2D eigenvalue weighted by Crippen LogP contribution is -2.39. The summed E-state index contributed by atoms with van der Waals surface area (Å²) in [5.41, 5.74) is 4.33. The van der Waals surface area contributed by atoms with E-state index in [-0.39, 0.29) is 29.9 Å². The van der Waals surface area contributed by atoms with Crippen molar-refractivity contribution in [1.29, 1.82) is 0 Å². The number of nitrogens with zero attached hydrogens (tertiary/aromatic N) is 1. The van der Waals surface area contributed by atoms with Gasteiger partial charge in [-0.25, -0.2) is 0 Å². The van der Waals surface area contributed by atoms with Gasteiger partial charge < -0.3 is 33.7 Å². The first kappa shape index (κ1) is 30.2. The molecule has 1 N–H and O–H groups in total. The van der Waals surface area contributed by atoms with E-state index >= 15 is 0 Å². The number of rotatable bonds is 9. The lowest BCUT2D eigenvalue weighted by molar-refractivity contribution is -0.120. The number of carbonyl (C=O) groups is 2. The van der Waals surface area contributed by atoms with Crippen LogP contribution in [-0.4, -0.2) is 54.3 Å². The Morgan fingerprint density at radius 1 is 0.733 bits per heavy atom. The number of benzene rings is 3. The predicted molar refractivity (Wildman–Crippen MR) is 169 cm³/mol. The molecule has 3 aliphatic rings. The Morgan fingerprint density at radius 2 is 1.27 bits per heavy atom. The lowest BCUT2D eigenvalue weighted by Gasteiger charge is -2.35. The third-order valence-electron chi connectivity index (χ3n) is 8.81. The van der Waals surface area contributed by atoms with Crippen LogP contribution >= 0.6 is 0 Å². The molecular formula is C35H38N2O8. The third-order valence-corrected chi connectivity index (χ3v) is 8.81. The first-order chi connectivity index (χ1) is 21.9. The Kier molecular flexibility index (Phi) is 8.22. The fraction of sp³-hybridized carbons (Fsp3) is 0.371. The van der Waals surface area contributed by atoms with Crippen molar-refractivity contribution in [3.05, 3.63) is 70.9 Å². The average molecular weight is 615 g/mol. The molecule has 0 saturated heterocycles. The molecule has 2 atom stereocenters. The number of hydrogen-bond acceptors (Lipinski definition) is 9. The van der Waals surface area contributed by atoms with E-state index < -0.39 is 6.04 Å². The minimum Gasteiger partial charge on any atom is -0.493 e. The Bertz CT molecular complexity index is 1630. The van der Waals surface area contributed by atoms with Gasteiger partial charge in [-0.3, -0.25) is 14.5 Å². The molecule has 1 amide bonds. The van der Waals surface area contributed by atoms with Gasteiger partial charge in [-0.05, 0) is 72.7 Å². The predicted octanol–water partition coefficient (Wildman–Crippen LogP) is 6.05. The van der Waals surface area contributed by atoms with E-state index in [0.29, 0.717) is 57.7 Å². The number of ether oxygens (including phenoxy) is 6. The summed E-state index contributed by atoms with van der Waals surface area (Å²) in [6, 6.07) is 14.4. The van der Waals surface area contributed by atoms with Gasteiger partial charge in [0.15, 0.2) is 28.8 Å². The van der Waals surface area contributed by atoms with Crippen LogP contribution in [0.1, 0.15) is 48.8 Å². The van der Waals surface area contributed by atoms with Crippen LogP contribution in [0, 0.1) is 5.92 Å². The van der Waals surface area contributed by atoms with E-state index in [0.717, 1.165) is 29.8 Å². The summed E-state index contributed by atoms with van der Waals surface area (Å²) in [7, 11) is 9.36. The Labute approximate surface area is 262 Å². The highest BCUT2D eigenvalue weighted by Gasteiger charge is 2.45. The van der Waals surface area contributed by atoms with Gasteiger partial charge in [0.1, 0.15) is 0 Å². The summed E-state index contributed by atoms with van der Waals surface area (Å²) in [4.78, 5) is 30.5. The molecule has 6 rings (SSSR count). The zero-order valence-electron chi connectivity index (χ0n) is 26.4. The van der Waals surface area contributed by atoms with Gasteiger partial charge in [0.05, 0.1) is 60.1 Å². The van der Waals surface area contributed by atoms with Crippen LogP contribution in [0.15, 0.2) is 59.8 Å². The maximum Gasteiger partial charge on any atom is 0.231 e. The van der Waals surface area contributed by atoms with Crippen molar-refractivity contribution in [2.45, 2.75) is 37.6 Å². The Balaban J connectivity index is 1.56. The highest BCUT2D eigenvalue weighted by atomic mass is 16.5. The number of Topliss-reactive ketones (excluding diaryl/α,β-unsaturated/α-hetero) is 1. The summed E-state index contributed by atoms with van der Waals surface area (Å²) in [5, 5.41) is 3.59. The fourth-order valence-corrected chi connectivity index (χ4v) is 6.51.